The van der Waals surface area contributed by atoms with Gasteiger partial charge in [-0.15, -0.1) is 0 Å². The molecule has 18 heavy (non-hydrogen) atoms. The standard InChI is InChI=1S/C12H19F2N3O/c1-12(13,14)6-9-17-16-8-3-5-11(10-18)4-2-7-15/h2-3,5,7-8,10-11,17H,4,6,9,15H2,1H3/b5-3+,7-2-,16-8-. The van der Waals surface area contributed by atoms with Crippen molar-refractivity contribution in [2.75, 3.05) is 6.54 Å². The van der Waals surface area contributed by atoms with Crippen LogP contribution in [0.15, 0.2) is 29.5 Å². The predicted octanol–water partition coefficient (Wildman–Crippen LogP) is 1.84. The van der Waals surface area contributed by atoms with E-state index in [2.05, 4.69) is 10.5 Å². The van der Waals surface area contributed by atoms with Crippen LogP contribution in [0.2, 0.25) is 0 Å². The van der Waals surface area contributed by atoms with Gasteiger partial charge in [-0.2, -0.15) is 5.10 Å². The molecule has 1 atom stereocenters. The summed E-state index contributed by atoms with van der Waals surface area (Å²) < 4.78 is 24.8. The minimum Gasteiger partial charge on any atom is -0.405 e. The van der Waals surface area contributed by atoms with E-state index in [1.54, 1.807) is 18.2 Å². The highest BCUT2D eigenvalue weighted by atomic mass is 19.3. The number of carbonyl (C=O) groups excluding carboxylic acids is 1. The van der Waals surface area contributed by atoms with Gasteiger partial charge in [0, 0.05) is 25.1 Å². The van der Waals surface area contributed by atoms with E-state index < -0.39 is 5.92 Å². The minimum absolute atomic E-state index is 0.0981. The number of rotatable bonds is 9. The molecule has 0 aliphatic rings. The largest absolute Gasteiger partial charge is 0.405 e. The van der Waals surface area contributed by atoms with Gasteiger partial charge < -0.3 is 16.0 Å². The van der Waals surface area contributed by atoms with E-state index in [9.17, 15) is 13.6 Å². The molecule has 102 valence electrons. The molecule has 1 unspecified atom stereocenters. The first-order valence-electron chi connectivity index (χ1n) is 5.62. The van der Waals surface area contributed by atoms with Gasteiger partial charge in [0.2, 0.25) is 5.92 Å². The van der Waals surface area contributed by atoms with Crippen molar-refractivity contribution in [2.24, 2.45) is 16.8 Å². The van der Waals surface area contributed by atoms with Crippen molar-refractivity contribution in [3.63, 3.8) is 0 Å². The number of hydrazone groups is 1. The van der Waals surface area contributed by atoms with Crippen LogP contribution in [-0.2, 0) is 4.79 Å². The highest BCUT2D eigenvalue weighted by molar-refractivity contribution is 5.72. The number of nitrogens with zero attached hydrogens (tertiary/aromatic N) is 1. The molecule has 0 rings (SSSR count). The Morgan fingerprint density at radius 2 is 2.22 bits per heavy atom. The molecule has 0 radical (unpaired) electrons. The Hall–Kier alpha value is -1.72. The second-order valence-electron chi connectivity index (χ2n) is 3.86. The second kappa shape index (κ2) is 9.32. The lowest BCUT2D eigenvalue weighted by Crippen LogP contribution is -2.18. The molecule has 0 aliphatic heterocycles. The smallest absolute Gasteiger partial charge is 0.247 e. The molecule has 0 fully saturated rings. The Balaban J connectivity index is 3.82. The van der Waals surface area contributed by atoms with E-state index in [-0.39, 0.29) is 18.9 Å². The summed E-state index contributed by atoms with van der Waals surface area (Å²) >= 11 is 0. The molecule has 0 amide bonds. The van der Waals surface area contributed by atoms with Crippen molar-refractivity contribution in [2.45, 2.75) is 25.7 Å². The minimum atomic E-state index is -2.68. The molecular weight excluding hydrogens is 240 g/mol. The Kier molecular flexibility index (Phi) is 8.43. The van der Waals surface area contributed by atoms with Crippen LogP contribution in [0.5, 0.6) is 0 Å². The average molecular weight is 259 g/mol. The lowest BCUT2D eigenvalue weighted by molar-refractivity contribution is -0.109. The molecule has 3 N–H and O–H groups in total. The van der Waals surface area contributed by atoms with Gasteiger partial charge in [-0.05, 0) is 25.6 Å². The maximum absolute atomic E-state index is 12.4. The SMILES string of the molecule is CC(F)(F)CCN/N=C\C=C\C(C=O)C/C=C\N. The summed E-state index contributed by atoms with van der Waals surface area (Å²) in [7, 11) is 0. The summed E-state index contributed by atoms with van der Waals surface area (Å²) in [4.78, 5) is 10.6. The molecular formula is C12H19F2N3O. The monoisotopic (exact) mass is 259 g/mol. The zero-order valence-electron chi connectivity index (χ0n) is 10.4. The van der Waals surface area contributed by atoms with Crippen LogP contribution in [-0.4, -0.2) is 25.0 Å². The first-order valence-corrected chi connectivity index (χ1v) is 5.62. The van der Waals surface area contributed by atoms with Gasteiger partial charge in [-0.3, -0.25) is 0 Å². The van der Waals surface area contributed by atoms with Crippen LogP contribution in [0.25, 0.3) is 0 Å². The van der Waals surface area contributed by atoms with Gasteiger partial charge in [-0.25, -0.2) is 8.78 Å². The topological polar surface area (TPSA) is 67.5 Å². The van der Waals surface area contributed by atoms with Crippen LogP contribution in [0, 0.1) is 5.92 Å². The summed E-state index contributed by atoms with van der Waals surface area (Å²) in [5.41, 5.74) is 7.65. The Bertz CT molecular complexity index is 309. The number of carbonyl (C=O) groups is 1. The van der Waals surface area contributed by atoms with E-state index in [4.69, 9.17) is 5.73 Å². The number of aldehydes is 1. The molecule has 0 heterocycles. The molecule has 6 heteroatoms. The Morgan fingerprint density at radius 3 is 2.78 bits per heavy atom. The third-order valence-corrected chi connectivity index (χ3v) is 2.01. The number of hydrogen-bond donors (Lipinski definition) is 2. The first-order chi connectivity index (χ1) is 8.49. The molecule has 0 aliphatic carbocycles. The van der Waals surface area contributed by atoms with Gasteiger partial charge in [0.1, 0.15) is 6.29 Å². The summed E-state index contributed by atoms with van der Waals surface area (Å²) in [6.07, 6.45) is 8.78. The molecule has 0 aromatic rings. The normalized spacial score (nSPS) is 14.6. The molecule has 0 saturated carbocycles. The quantitative estimate of drug-likeness (QED) is 0.287. The zero-order chi connectivity index (χ0) is 13.9. The molecule has 0 spiro atoms. The lowest BCUT2D eigenvalue weighted by Gasteiger charge is -2.08. The van der Waals surface area contributed by atoms with Gasteiger partial charge in [0.25, 0.3) is 0 Å². The van der Waals surface area contributed by atoms with Crippen molar-refractivity contribution in [3.8, 4) is 0 Å². The molecule has 4 nitrogen and oxygen atoms in total. The number of halogens is 2. The van der Waals surface area contributed by atoms with Crippen LogP contribution in [0.4, 0.5) is 8.78 Å². The number of allylic oxidation sites excluding steroid dienone is 3. The lowest BCUT2D eigenvalue weighted by atomic mass is 10.1. The number of alkyl halides is 2. The van der Waals surface area contributed by atoms with Gasteiger partial charge in [0.05, 0.1) is 0 Å². The number of nitrogens with one attached hydrogen (secondary N) is 1. The molecule has 0 saturated heterocycles. The summed E-state index contributed by atoms with van der Waals surface area (Å²) in [6.45, 7) is 0.957. The summed E-state index contributed by atoms with van der Waals surface area (Å²) in [6, 6.07) is 0. The van der Waals surface area contributed by atoms with Crippen molar-refractivity contribution in [1.29, 1.82) is 0 Å². The predicted molar refractivity (Wildman–Crippen MR) is 68.4 cm³/mol. The van der Waals surface area contributed by atoms with Gasteiger partial charge in [0.15, 0.2) is 0 Å². The van der Waals surface area contributed by atoms with Crippen LogP contribution in [0.3, 0.4) is 0 Å². The van der Waals surface area contributed by atoms with Crippen molar-refractivity contribution in [3.05, 3.63) is 24.4 Å². The Morgan fingerprint density at radius 1 is 1.50 bits per heavy atom. The number of hydrogen-bond acceptors (Lipinski definition) is 4. The molecule has 0 bridgehead atoms. The first kappa shape index (κ1) is 16.3. The highest BCUT2D eigenvalue weighted by Gasteiger charge is 2.19. The number of nitrogens with two attached hydrogens (primary N) is 1. The van der Waals surface area contributed by atoms with Crippen LogP contribution < -0.4 is 11.2 Å². The maximum atomic E-state index is 12.4. The van der Waals surface area contributed by atoms with E-state index in [0.717, 1.165) is 13.2 Å². The van der Waals surface area contributed by atoms with Gasteiger partial charge in [-0.1, -0.05) is 12.2 Å². The molecule has 0 aromatic heterocycles. The fraction of sp³-hybridized carbons (Fsp3) is 0.500. The Labute approximate surface area is 106 Å². The van der Waals surface area contributed by atoms with Crippen molar-refractivity contribution < 1.29 is 13.6 Å². The van der Waals surface area contributed by atoms with Crippen molar-refractivity contribution >= 4 is 12.5 Å². The zero-order valence-corrected chi connectivity index (χ0v) is 10.4. The van der Waals surface area contributed by atoms with Crippen LogP contribution >= 0.6 is 0 Å². The molecule has 0 aromatic carbocycles. The van der Waals surface area contributed by atoms with E-state index in [1.165, 1.54) is 12.4 Å². The highest BCUT2D eigenvalue weighted by Crippen LogP contribution is 2.14. The fourth-order valence-electron chi connectivity index (χ4n) is 1.04. The third-order valence-electron chi connectivity index (χ3n) is 2.01. The fourth-order valence-corrected chi connectivity index (χ4v) is 1.04. The van der Waals surface area contributed by atoms with E-state index in [0.29, 0.717) is 6.42 Å². The third kappa shape index (κ3) is 10.8. The van der Waals surface area contributed by atoms with Crippen LogP contribution in [0.1, 0.15) is 19.8 Å². The van der Waals surface area contributed by atoms with Gasteiger partial charge >= 0.3 is 0 Å². The maximum Gasteiger partial charge on any atom is 0.247 e. The average Bonchev–Trinajstić information content (AvgIpc) is 2.30. The second-order valence-corrected chi connectivity index (χ2v) is 3.86. The summed E-state index contributed by atoms with van der Waals surface area (Å²) in [5.74, 6) is -2.94. The summed E-state index contributed by atoms with van der Waals surface area (Å²) in [5, 5.41) is 3.71. The van der Waals surface area contributed by atoms with Crippen molar-refractivity contribution in [1.82, 2.24) is 5.43 Å². The van der Waals surface area contributed by atoms with E-state index >= 15 is 0 Å². The van der Waals surface area contributed by atoms with E-state index in [1.807, 2.05) is 0 Å².